The molecule has 1 N–H and O–H groups in total. The van der Waals surface area contributed by atoms with Crippen LogP contribution in [0.2, 0.25) is 5.02 Å². The summed E-state index contributed by atoms with van der Waals surface area (Å²) >= 11 is 6.63. The van der Waals surface area contributed by atoms with Crippen molar-refractivity contribution in [2.75, 3.05) is 25.5 Å². The highest BCUT2D eigenvalue weighted by Gasteiger charge is 2.19. The van der Waals surface area contributed by atoms with E-state index in [9.17, 15) is 9.18 Å². The molecule has 0 bridgehead atoms. The molecular formula is C32H30ClFN6O. The molecule has 1 saturated heterocycles. The highest BCUT2D eigenvalue weighted by molar-refractivity contribution is 6.33. The lowest BCUT2D eigenvalue weighted by atomic mass is 9.89. The van der Waals surface area contributed by atoms with Gasteiger partial charge in [0, 0.05) is 51.7 Å². The Morgan fingerprint density at radius 2 is 1.78 bits per heavy atom. The molecule has 0 atom stereocenters. The molecule has 1 aliphatic rings. The van der Waals surface area contributed by atoms with E-state index in [4.69, 9.17) is 16.6 Å². The lowest BCUT2D eigenvalue weighted by molar-refractivity contribution is 0.255. The molecule has 1 fully saturated rings. The first-order chi connectivity index (χ1) is 19.9. The predicted molar refractivity (Wildman–Crippen MR) is 162 cm³/mol. The summed E-state index contributed by atoms with van der Waals surface area (Å²) in [6.07, 6.45) is 5.45. The summed E-state index contributed by atoms with van der Waals surface area (Å²) in [7, 11) is 2.17. The van der Waals surface area contributed by atoms with Gasteiger partial charge in [0.15, 0.2) is 0 Å². The van der Waals surface area contributed by atoms with Crippen LogP contribution in [0.1, 0.15) is 31.2 Å². The Kier molecular flexibility index (Phi) is 7.51. The molecular weight excluding hydrogens is 539 g/mol. The van der Waals surface area contributed by atoms with Crippen LogP contribution in [0.5, 0.6) is 0 Å². The summed E-state index contributed by atoms with van der Waals surface area (Å²) in [5.41, 5.74) is 4.47. The summed E-state index contributed by atoms with van der Waals surface area (Å²) in [6.45, 7) is 4.57. The Morgan fingerprint density at radius 3 is 2.49 bits per heavy atom. The minimum Gasteiger partial charge on any atom is -0.324 e. The number of hydrogen-bond donors (Lipinski definition) is 1. The van der Waals surface area contributed by atoms with Crippen molar-refractivity contribution >= 4 is 34.3 Å². The van der Waals surface area contributed by atoms with E-state index in [1.165, 1.54) is 24.6 Å². The maximum Gasteiger partial charge on any atom is 0.260 e. The van der Waals surface area contributed by atoms with Crippen LogP contribution in [0, 0.1) is 5.95 Å². The van der Waals surface area contributed by atoms with Crippen LogP contribution in [0.3, 0.4) is 0 Å². The zero-order valence-electron chi connectivity index (χ0n) is 22.9. The number of halogens is 2. The minimum absolute atomic E-state index is 0.214. The van der Waals surface area contributed by atoms with Crippen molar-refractivity contribution in [2.45, 2.75) is 32.2 Å². The van der Waals surface area contributed by atoms with Gasteiger partial charge < -0.3 is 10.2 Å². The van der Waals surface area contributed by atoms with E-state index < -0.39 is 5.95 Å². The molecule has 2 aromatic carbocycles. The first kappa shape index (κ1) is 27.1. The van der Waals surface area contributed by atoms with E-state index in [-0.39, 0.29) is 5.56 Å². The van der Waals surface area contributed by atoms with Crippen LogP contribution in [0.15, 0.2) is 77.9 Å². The molecule has 4 heterocycles. The molecule has 0 radical (unpaired) electrons. The van der Waals surface area contributed by atoms with Crippen molar-refractivity contribution in [3.63, 3.8) is 0 Å². The Labute approximate surface area is 242 Å². The van der Waals surface area contributed by atoms with Crippen molar-refractivity contribution in [2.24, 2.45) is 0 Å². The summed E-state index contributed by atoms with van der Waals surface area (Å²) in [5.74, 6) is 0.427. The van der Waals surface area contributed by atoms with Crippen LogP contribution >= 0.6 is 11.6 Å². The van der Waals surface area contributed by atoms with Gasteiger partial charge in [-0.25, -0.2) is 9.97 Å². The second-order valence-corrected chi connectivity index (χ2v) is 10.8. The third-order valence-corrected chi connectivity index (χ3v) is 8.14. The minimum atomic E-state index is -0.579. The molecule has 6 rings (SSSR count). The van der Waals surface area contributed by atoms with Gasteiger partial charge in [-0.15, -0.1) is 0 Å². The molecule has 9 heteroatoms. The molecule has 0 aliphatic carbocycles. The second kappa shape index (κ2) is 11.4. The third-order valence-electron chi connectivity index (χ3n) is 7.83. The smallest absolute Gasteiger partial charge is 0.260 e. The number of rotatable bonds is 6. The molecule has 5 aromatic rings. The van der Waals surface area contributed by atoms with Crippen molar-refractivity contribution in [3.8, 4) is 22.3 Å². The average Bonchev–Trinajstić information content (AvgIpc) is 2.98. The van der Waals surface area contributed by atoms with Gasteiger partial charge in [-0.3, -0.25) is 9.36 Å². The van der Waals surface area contributed by atoms with Gasteiger partial charge in [0.05, 0.1) is 0 Å². The van der Waals surface area contributed by atoms with Crippen LogP contribution in [-0.4, -0.2) is 44.6 Å². The Bertz CT molecular complexity index is 1780. The number of hydrogen-bond acceptors (Lipinski definition) is 6. The molecule has 0 amide bonds. The third kappa shape index (κ3) is 5.45. The number of fused-ring (bicyclic) bond motifs is 1. The number of pyridine rings is 2. The fourth-order valence-electron chi connectivity index (χ4n) is 5.52. The molecule has 0 spiro atoms. The topological polar surface area (TPSA) is 75.9 Å². The Hall–Kier alpha value is -4.14. The predicted octanol–water partition coefficient (Wildman–Crippen LogP) is 6.89. The Balaban J connectivity index is 1.29. The van der Waals surface area contributed by atoms with Gasteiger partial charge in [0.2, 0.25) is 11.9 Å². The standard InChI is InChI=1S/C32H30ClFN6O/c1-3-40-30-23(17-27(31(40)41)26-11-8-22(18-28(26)33)25-5-4-14-35-29(25)34)19-36-32(38-30)37-24-9-6-20(7-10-24)21-12-15-39(2)16-13-21/h4-11,14,17-19,21H,3,12-13,15-16H2,1-2H3,(H,36,37,38). The van der Waals surface area contributed by atoms with Crippen LogP contribution < -0.4 is 10.9 Å². The van der Waals surface area contributed by atoms with E-state index in [1.807, 2.05) is 6.92 Å². The van der Waals surface area contributed by atoms with Crippen molar-refractivity contribution in [1.29, 1.82) is 0 Å². The van der Waals surface area contributed by atoms with E-state index in [2.05, 4.69) is 51.5 Å². The van der Waals surface area contributed by atoms with Crippen LogP contribution in [0.4, 0.5) is 16.0 Å². The number of benzene rings is 2. The van der Waals surface area contributed by atoms with Gasteiger partial charge in [-0.1, -0.05) is 35.9 Å². The molecule has 1 aliphatic heterocycles. The number of nitrogens with one attached hydrogen (secondary N) is 1. The largest absolute Gasteiger partial charge is 0.324 e. The summed E-state index contributed by atoms with van der Waals surface area (Å²) in [5, 5.41) is 4.33. The summed E-state index contributed by atoms with van der Waals surface area (Å²) in [6, 6.07) is 18.6. The molecule has 41 heavy (non-hydrogen) atoms. The molecule has 3 aromatic heterocycles. The van der Waals surface area contributed by atoms with E-state index >= 15 is 0 Å². The van der Waals surface area contributed by atoms with Gasteiger partial charge in [0.25, 0.3) is 5.56 Å². The molecule has 0 unspecified atom stereocenters. The van der Waals surface area contributed by atoms with Gasteiger partial charge in [0.1, 0.15) is 5.65 Å². The maximum atomic E-state index is 14.2. The second-order valence-electron chi connectivity index (χ2n) is 10.4. The molecule has 208 valence electrons. The maximum absolute atomic E-state index is 14.2. The average molecular weight is 569 g/mol. The van der Waals surface area contributed by atoms with Crippen molar-refractivity contribution in [3.05, 3.63) is 99.9 Å². The van der Waals surface area contributed by atoms with Gasteiger partial charge in [-0.2, -0.15) is 9.37 Å². The monoisotopic (exact) mass is 568 g/mol. The van der Waals surface area contributed by atoms with E-state index in [1.54, 1.807) is 47.2 Å². The number of anilines is 2. The van der Waals surface area contributed by atoms with Crippen LogP contribution in [-0.2, 0) is 6.54 Å². The number of likely N-dealkylation sites (tertiary alicyclic amines) is 1. The van der Waals surface area contributed by atoms with Gasteiger partial charge in [-0.05, 0) is 93.3 Å². The number of aromatic nitrogens is 4. The first-order valence-corrected chi connectivity index (χ1v) is 14.2. The Morgan fingerprint density at radius 1 is 1.00 bits per heavy atom. The quantitative estimate of drug-likeness (QED) is 0.225. The first-order valence-electron chi connectivity index (χ1n) is 13.8. The van der Waals surface area contributed by atoms with Crippen LogP contribution in [0.25, 0.3) is 33.3 Å². The number of piperidine rings is 1. The highest BCUT2D eigenvalue weighted by Crippen LogP contribution is 2.33. The molecule has 7 nitrogen and oxygen atoms in total. The summed E-state index contributed by atoms with van der Waals surface area (Å²) < 4.78 is 15.8. The SMILES string of the molecule is CCn1c(=O)c(-c2ccc(-c3cccnc3F)cc2Cl)cc2cnc(Nc3ccc(C4CCN(C)CC4)cc3)nc21. The van der Waals surface area contributed by atoms with E-state index in [0.29, 0.717) is 56.7 Å². The van der Waals surface area contributed by atoms with Crippen molar-refractivity contribution in [1.82, 2.24) is 24.4 Å². The summed E-state index contributed by atoms with van der Waals surface area (Å²) in [4.78, 5) is 28.9. The number of aryl methyl sites for hydroxylation is 1. The zero-order valence-corrected chi connectivity index (χ0v) is 23.7. The van der Waals surface area contributed by atoms with Crippen molar-refractivity contribution < 1.29 is 4.39 Å². The zero-order chi connectivity index (χ0) is 28.5. The fourth-order valence-corrected chi connectivity index (χ4v) is 5.80. The lowest BCUT2D eigenvalue weighted by Gasteiger charge is -2.29. The fraction of sp³-hybridized carbons (Fsp3) is 0.250. The lowest BCUT2D eigenvalue weighted by Crippen LogP contribution is -2.29. The number of nitrogens with zero attached hydrogens (tertiary/aromatic N) is 5. The normalized spacial score (nSPS) is 14.4. The highest BCUT2D eigenvalue weighted by atomic mass is 35.5. The van der Waals surface area contributed by atoms with Gasteiger partial charge >= 0.3 is 0 Å². The van der Waals surface area contributed by atoms with E-state index in [0.717, 1.165) is 18.8 Å². The molecule has 0 saturated carbocycles.